The first-order chi connectivity index (χ1) is 9.70. The zero-order chi connectivity index (χ0) is 14.1. The number of anilines is 1. The van der Waals surface area contributed by atoms with Crippen molar-refractivity contribution in [1.29, 1.82) is 0 Å². The van der Waals surface area contributed by atoms with Gasteiger partial charge in [-0.2, -0.15) is 0 Å². The summed E-state index contributed by atoms with van der Waals surface area (Å²) < 4.78 is 9.14. The Bertz CT molecular complexity index is 608. The third-order valence-electron chi connectivity index (χ3n) is 3.83. The van der Waals surface area contributed by atoms with Gasteiger partial charge >= 0.3 is 0 Å². The fraction of sp³-hybridized carbons (Fsp3) is 0.615. The molecular formula is C13H21ClN6O. The summed E-state index contributed by atoms with van der Waals surface area (Å²) in [6.07, 6.45) is 6.40. The second-order valence-corrected chi connectivity index (χ2v) is 5.19. The maximum Gasteiger partial charge on any atom is 0.256 e. The van der Waals surface area contributed by atoms with Crippen molar-refractivity contribution in [3.8, 4) is 5.88 Å². The van der Waals surface area contributed by atoms with Crippen molar-refractivity contribution in [1.82, 2.24) is 24.5 Å². The smallest absolute Gasteiger partial charge is 0.256 e. The van der Waals surface area contributed by atoms with Gasteiger partial charge in [0.15, 0.2) is 5.82 Å². The first kappa shape index (κ1) is 15.6. The van der Waals surface area contributed by atoms with Crippen LogP contribution in [0.3, 0.4) is 0 Å². The van der Waals surface area contributed by atoms with Gasteiger partial charge in [-0.25, -0.2) is 0 Å². The third-order valence-corrected chi connectivity index (χ3v) is 3.83. The van der Waals surface area contributed by atoms with Crippen LogP contribution >= 0.6 is 12.4 Å². The van der Waals surface area contributed by atoms with Crippen molar-refractivity contribution in [2.75, 3.05) is 12.8 Å². The topological polar surface area (TPSA) is 83.8 Å². The Kier molecular flexibility index (Phi) is 4.72. The minimum atomic E-state index is -0.0134. The molecule has 2 aromatic rings. The fourth-order valence-corrected chi connectivity index (χ4v) is 2.68. The summed E-state index contributed by atoms with van der Waals surface area (Å²) in [6, 6.07) is -0.0134. The average molecular weight is 313 g/mol. The van der Waals surface area contributed by atoms with Gasteiger partial charge in [-0.05, 0) is 19.8 Å². The van der Waals surface area contributed by atoms with E-state index >= 15 is 0 Å². The van der Waals surface area contributed by atoms with Gasteiger partial charge in [0.05, 0.1) is 13.3 Å². The molecule has 116 valence electrons. The molecule has 0 amide bonds. The molecule has 0 aliphatic carbocycles. The Labute approximate surface area is 129 Å². The molecule has 2 aromatic heterocycles. The number of methoxy groups -OCH3 is 1. The highest BCUT2D eigenvalue weighted by molar-refractivity contribution is 5.85. The van der Waals surface area contributed by atoms with E-state index in [1.54, 1.807) is 18.0 Å². The predicted molar refractivity (Wildman–Crippen MR) is 81.8 cm³/mol. The first-order valence-electron chi connectivity index (χ1n) is 7.01. The molecule has 21 heavy (non-hydrogen) atoms. The van der Waals surface area contributed by atoms with E-state index in [0.29, 0.717) is 11.6 Å². The molecule has 8 heteroatoms. The largest absolute Gasteiger partial charge is 0.478 e. The normalized spacial score (nSPS) is 15.7. The molecule has 3 rings (SSSR count). The van der Waals surface area contributed by atoms with Crippen LogP contribution in [0.2, 0.25) is 0 Å². The zero-order valence-electron chi connectivity index (χ0n) is 12.3. The van der Waals surface area contributed by atoms with E-state index in [0.717, 1.165) is 24.6 Å². The van der Waals surface area contributed by atoms with E-state index in [9.17, 15) is 0 Å². The Morgan fingerprint density at radius 3 is 2.81 bits per heavy atom. The summed E-state index contributed by atoms with van der Waals surface area (Å²) in [4.78, 5) is 0. The summed E-state index contributed by atoms with van der Waals surface area (Å²) >= 11 is 0. The van der Waals surface area contributed by atoms with Crippen LogP contribution in [0.25, 0.3) is 0 Å². The molecule has 0 saturated carbocycles. The monoisotopic (exact) mass is 312 g/mol. The third kappa shape index (κ3) is 2.83. The van der Waals surface area contributed by atoms with Gasteiger partial charge in [-0.1, -0.05) is 6.42 Å². The van der Waals surface area contributed by atoms with Crippen molar-refractivity contribution >= 4 is 18.1 Å². The predicted octanol–water partition coefficient (Wildman–Crippen LogP) is 1.82. The van der Waals surface area contributed by atoms with E-state index in [1.807, 2.05) is 6.92 Å². The molecule has 1 aliphatic heterocycles. The summed E-state index contributed by atoms with van der Waals surface area (Å²) in [6.45, 7) is 3.03. The zero-order valence-corrected chi connectivity index (χ0v) is 13.1. The van der Waals surface area contributed by atoms with Crippen LogP contribution in [0, 0.1) is 0 Å². The molecule has 0 aromatic carbocycles. The average Bonchev–Trinajstić information content (AvgIpc) is 2.94. The van der Waals surface area contributed by atoms with Gasteiger partial charge in [-0.3, -0.25) is 4.68 Å². The molecule has 2 N–H and O–H groups in total. The van der Waals surface area contributed by atoms with Crippen LogP contribution in [0.5, 0.6) is 5.88 Å². The van der Waals surface area contributed by atoms with Crippen LogP contribution < -0.4 is 10.5 Å². The van der Waals surface area contributed by atoms with Gasteiger partial charge in [0.25, 0.3) is 5.88 Å². The van der Waals surface area contributed by atoms with Crippen LogP contribution in [0.1, 0.15) is 43.9 Å². The van der Waals surface area contributed by atoms with Gasteiger partial charge in [0, 0.05) is 13.0 Å². The van der Waals surface area contributed by atoms with Crippen LogP contribution in [-0.2, 0) is 13.0 Å². The van der Waals surface area contributed by atoms with Crippen LogP contribution in [-0.4, -0.2) is 31.7 Å². The number of fused-ring (bicyclic) bond motifs is 1. The van der Waals surface area contributed by atoms with Gasteiger partial charge in [0.2, 0.25) is 0 Å². The van der Waals surface area contributed by atoms with Crippen molar-refractivity contribution in [3.05, 3.63) is 17.8 Å². The number of nitrogen functional groups attached to an aromatic ring is 1. The lowest BCUT2D eigenvalue weighted by Crippen LogP contribution is -2.15. The molecule has 0 bridgehead atoms. The maximum atomic E-state index is 5.85. The molecular weight excluding hydrogens is 292 g/mol. The summed E-state index contributed by atoms with van der Waals surface area (Å²) in [5, 5.41) is 13.0. The second kappa shape index (κ2) is 6.34. The summed E-state index contributed by atoms with van der Waals surface area (Å²) in [5.74, 6) is 2.47. The number of aryl methyl sites for hydroxylation is 1. The van der Waals surface area contributed by atoms with Gasteiger partial charge < -0.3 is 15.0 Å². The molecule has 0 radical (unpaired) electrons. The SMILES string of the molecule is COc1nn(C(C)c2nnc3n2CCCCC3)cc1N.Cl. The number of aromatic nitrogens is 5. The number of nitrogens with two attached hydrogens (primary N) is 1. The number of hydrogen-bond donors (Lipinski definition) is 1. The van der Waals surface area contributed by atoms with Crippen molar-refractivity contribution in [2.24, 2.45) is 0 Å². The summed E-state index contributed by atoms with van der Waals surface area (Å²) in [5.41, 5.74) is 6.39. The molecule has 0 fully saturated rings. The first-order valence-corrected chi connectivity index (χ1v) is 7.01. The van der Waals surface area contributed by atoms with Gasteiger partial charge in [-0.15, -0.1) is 27.7 Å². The van der Waals surface area contributed by atoms with Crippen molar-refractivity contribution in [3.63, 3.8) is 0 Å². The molecule has 1 unspecified atom stereocenters. The highest BCUT2D eigenvalue weighted by Gasteiger charge is 2.22. The van der Waals surface area contributed by atoms with E-state index in [2.05, 4.69) is 19.9 Å². The molecule has 1 aliphatic rings. The molecule has 1 atom stereocenters. The van der Waals surface area contributed by atoms with Gasteiger partial charge in [0.1, 0.15) is 17.6 Å². The lowest BCUT2D eigenvalue weighted by atomic mass is 10.2. The number of ether oxygens (including phenoxy) is 1. The van der Waals surface area contributed by atoms with Crippen molar-refractivity contribution in [2.45, 2.75) is 45.2 Å². The Hall–Kier alpha value is -1.76. The molecule has 7 nitrogen and oxygen atoms in total. The molecule has 0 saturated heterocycles. The lowest BCUT2D eigenvalue weighted by molar-refractivity contribution is 0.383. The number of hydrogen-bond acceptors (Lipinski definition) is 5. The number of halogens is 1. The Morgan fingerprint density at radius 2 is 2.10 bits per heavy atom. The lowest BCUT2D eigenvalue weighted by Gasteiger charge is -2.13. The highest BCUT2D eigenvalue weighted by Crippen LogP contribution is 2.25. The Morgan fingerprint density at radius 1 is 1.29 bits per heavy atom. The second-order valence-electron chi connectivity index (χ2n) is 5.19. The number of nitrogens with zero attached hydrogens (tertiary/aromatic N) is 5. The minimum Gasteiger partial charge on any atom is -0.478 e. The van der Waals surface area contributed by atoms with E-state index < -0.39 is 0 Å². The standard InChI is InChI=1S/C13H20N6O.ClH/c1-9(19-8-10(14)13(17-19)20-2)12-16-15-11-6-4-3-5-7-18(11)12;/h8-9H,3-7,14H2,1-2H3;1H. The fourth-order valence-electron chi connectivity index (χ4n) is 2.68. The Balaban J connectivity index is 0.00000161. The summed E-state index contributed by atoms with van der Waals surface area (Å²) in [7, 11) is 1.57. The van der Waals surface area contributed by atoms with Crippen molar-refractivity contribution < 1.29 is 4.74 Å². The quantitative estimate of drug-likeness (QED) is 0.934. The number of rotatable bonds is 3. The van der Waals surface area contributed by atoms with Crippen LogP contribution in [0.15, 0.2) is 6.20 Å². The van der Waals surface area contributed by atoms with E-state index in [1.165, 1.54) is 19.3 Å². The molecule has 3 heterocycles. The highest BCUT2D eigenvalue weighted by atomic mass is 35.5. The molecule has 0 spiro atoms. The maximum absolute atomic E-state index is 5.85. The van der Waals surface area contributed by atoms with E-state index in [4.69, 9.17) is 10.5 Å². The van der Waals surface area contributed by atoms with Crippen LogP contribution in [0.4, 0.5) is 5.69 Å². The minimum absolute atomic E-state index is 0. The van der Waals surface area contributed by atoms with E-state index in [-0.39, 0.29) is 18.4 Å².